The number of rotatable bonds is 3. The predicted octanol–water partition coefficient (Wildman–Crippen LogP) is 1.75. The standard InChI is InChI=1S/C14H20ClN5O/c1-19(10-5-3-4-6-11(10)21)8-12-17-13(15)9-7-16-20(2)14(9)18-12/h7,10-11,21H,3-6,8H2,1-2H3. The molecule has 7 heteroatoms. The number of halogens is 1. The summed E-state index contributed by atoms with van der Waals surface area (Å²) in [4.78, 5) is 11.0. The molecule has 2 unspecified atom stereocenters. The molecule has 0 bridgehead atoms. The minimum absolute atomic E-state index is 0.170. The van der Waals surface area contributed by atoms with E-state index >= 15 is 0 Å². The predicted molar refractivity (Wildman–Crippen MR) is 81.0 cm³/mol. The van der Waals surface area contributed by atoms with Crippen LogP contribution in [0.15, 0.2) is 6.20 Å². The van der Waals surface area contributed by atoms with E-state index in [1.165, 1.54) is 0 Å². The van der Waals surface area contributed by atoms with Gasteiger partial charge in [0.1, 0.15) is 11.0 Å². The van der Waals surface area contributed by atoms with Crippen LogP contribution in [-0.4, -0.2) is 48.9 Å². The average Bonchev–Trinajstić information content (AvgIpc) is 2.81. The van der Waals surface area contributed by atoms with E-state index in [1.807, 2.05) is 14.1 Å². The number of fused-ring (bicyclic) bond motifs is 1. The molecule has 1 N–H and O–H groups in total. The van der Waals surface area contributed by atoms with Crippen LogP contribution < -0.4 is 0 Å². The molecule has 6 nitrogen and oxygen atoms in total. The lowest BCUT2D eigenvalue weighted by molar-refractivity contribution is 0.0278. The Morgan fingerprint density at radius 3 is 2.90 bits per heavy atom. The van der Waals surface area contributed by atoms with Crippen LogP contribution in [0.3, 0.4) is 0 Å². The van der Waals surface area contributed by atoms with E-state index < -0.39 is 0 Å². The van der Waals surface area contributed by atoms with E-state index in [0.717, 1.165) is 36.7 Å². The van der Waals surface area contributed by atoms with Crippen LogP contribution >= 0.6 is 11.6 Å². The van der Waals surface area contributed by atoms with E-state index in [4.69, 9.17) is 11.6 Å². The van der Waals surface area contributed by atoms with Crippen LogP contribution in [0.1, 0.15) is 31.5 Å². The summed E-state index contributed by atoms with van der Waals surface area (Å²) < 4.78 is 1.70. The third-order valence-electron chi connectivity index (χ3n) is 4.24. The van der Waals surface area contributed by atoms with Crippen molar-refractivity contribution in [3.05, 3.63) is 17.2 Å². The largest absolute Gasteiger partial charge is 0.391 e. The van der Waals surface area contributed by atoms with Gasteiger partial charge in [-0.05, 0) is 19.9 Å². The SMILES string of the molecule is CN(Cc1nc(Cl)c2cnn(C)c2n1)C1CCCCC1O. The zero-order valence-corrected chi connectivity index (χ0v) is 13.1. The molecule has 1 aliphatic rings. The molecule has 114 valence electrons. The Morgan fingerprint density at radius 2 is 2.14 bits per heavy atom. The summed E-state index contributed by atoms with van der Waals surface area (Å²) in [6, 6.07) is 0.170. The summed E-state index contributed by atoms with van der Waals surface area (Å²) in [5, 5.41) is 15.5. The van der Waals surface area contributed by atoms with Crippen molar-refractivity contribution in [2.45, 2.75) is 44.4 Å². The van der Waals surface area contributed by atoms with Crippen molar-refractivity contribution in [3.8, 4) is 0 Å². The molecule has 0 aromatic carbocycles. The van der Waals surface area contributed by atoms with Gasteiger partial charge in [-0.3, -0.25) is 9.58 Å². The lowest BCUT2D eigenvalue weighted by Gasteiger charge is -2.34. The van der Waals surface area contributed by atoms with E-state index in [9.17, 15) is 5.11 Å². The second kappa shape index (κ2) is 5.87. The topological polar surface area (TPSA) is 67.1 Å². The van der Waals surface area contributed by atoms with E-state index in [1.54, 1.807) is 10.9 Å². The van der Waals surface area contributed by atoms with E-state index in [-0.39, 0.29) is 12.1 Å². The Morgan fingerprint density at radius 1 is 1.38 bits per heavy atom. The normalized spacial score (nSPS) is 23.1. The Balaban J connectivity index is 1.82. The van der Waals surface area contributed by atoms with Gasteiger partial charge < -0.3 is 5.11 Å². The Hall–Kier alpha value is -1.24. The summed E-state index contributed by atoms with van der Waals surface area (Å²) >= 11 is 6.20. The molecule has 0 aliphatic heterocycles. The highest BCUT2D eigenvalue weighted by Crippen LogP contribution is 2.24. The summed E-state index contributed by atoms with van der Waals surface area (Å²) in [5.74, 6) is 0.663. The number of aromatic nitrogens is 4. The molecule has 1 saturated carbocycles. The number of likely N-dealkylation sites (N-methyl/N-ethyl adjacent to an activating group) is 1. The number of hydrogen-bond acceptors (Lipinski definition) is 5. The quantitative estimate of drug-likeness (QED) is 0.875. The van der Waals surface area contributed by atoms with Crippen LogP contribution in [0.4, 0.5) is 0 Å². The van der Waals surface area contributed by atoms with Crippen LogP contribution in [0.5, 0.6) is 0 Å². The zero-order valence-electron chi connectivity index (χ0n) is 12.3. The minimum Gasteiger partial charge on any atom is -0.391 e. The van der Waals surface area contributed by atoms with E-state index in [0.29, 0.717) is 17.5 Å². The maximum Gasteiger partial charge on any atom is 0.162 e. The summed E-state index contributed by atoms with van der Waals surface area (Å²) in [7, 11) is 3.84. The first-order valence-electron chi connectivity index (χ1n) is 7.28. The van der Waals surface area contributed by atoms with Gasteiger partial charge in [-0.1, -0.05) is 24.4 Å². The number of aliphatic hydroxyl groups excluding tert-OH is 1. The third kappa shape index (κ3) is 2.88. The van der Waals surface area contributed by atoms with Gasteiger partial charge in [-0.2, -0.15) is 5.10 Å². The van der Waals surface area contributed by atoms with Crippen molar-refractivity contribution in [2.24, 2.45) is 7.05 Å². The number of aliphatic hydroxyl groups is 1. The molecule has 2 aromatic rings. The summed E-state index contributed by atoms with van der Waals surface area (Å²) in [6.07, 6.45) is 5.57. The van der Waals surface area contributed by atoms with Gasteiger partial charge in [-0.25, -0.2) is 9.97 Å². The minimum atomic E-state index is -0.264. The van der Waals surface area contributed by atoms with Gasteiger partial charge in [0.2, 0.25) is 0 Å². The average molecular weight is 310 g/mol. The summed E-state index contributed by atoms with van der Waals surface area (Å²) in [6.45, 7) is 0.572. The fourth-order valence-electron chi connectivity index (χ4n) is 3.05. The maximum absolute atomic E-state index is 10.1. The molecule has 3 rings (SSSR count). The van der Waals surface area contributed by atoms with Gasteiger partial charge in [-0.15, -0.1) is 0 Å². The first-order valence-corrected chi connectivity index (χ1v) is 7.66. The molecule has 21 heavy (non-hydrogen) atoms. The van der Waals surface area contributed by atoms with Crippen molar-refractivity contribution < 1.29 is 5.11 Å². The molecule has 2 atom stereocenters. The maximum atomic E-state index is 10.1. The van der Waals surface area contributed by atoms with Crippen molar-refractivity contribution in [2.75, 3.05) is 7.05 Å². The highest BCUT2D eigenvalue weighted by molar-refractivity contribution is 6.33. The van der Waals surface area contributed by atoms with Crippen LogP contribution in [0.25, 0.3) is 11.0 Å². The van der Waals surface area contributed by atoms with Crippen LogP contribution in [0, 0.1) is 0 Å². The molecule has 0 radical (unpaired) electrons. The Kier molecular flexibility index (Phi) is 4.10. The molecule has 0 saturated heterocycles. The Labute approximate surface area is 128 Å². The van der Waals surface area contributed by atoms with Crippen LogP contribution in [-0.2, 0) is 13.6 Å². The molecule has 0 spiro atoms. The molecule has 2 aromatic heterocycles. The van der Waals surface area contributed by atoms with Gasteiger partial charge in [0.15, 0.2) is 5.65 Å². The molecule has 1 fully saturated rings. The lowest BCUT2D eigenvalue weighted by Crippen LogP contribution is -2.43. The number of aryl methyl sites for hydroxylation is 1. The lowest BCUT2D eigenvalue weighted by atomic mass is 9.91. The van der Waals surface area contributed by atoms with Gasteiger partial charge in [0.05, 0.1) is 24.2 Å². The fraction of sp³-hybridized carbons (Fsp3) is 0.643. The second-order valence-corrected chi connectivity index (χ2v) is 6.13. The van der Waals surface area contributed by atoms with Crippen LogP contribution in [0.2, 0.25) is 5.15 Å². The first-order chi connectivity index (χ1) is 10.1. The van der Waals surface area contributed by atoms with Crippen molar-refractivity contribution in [3.63, 3.8) is 0 Å². The van der Waals surface area contributed by atoms with Gasteiger partial charge >= 0.3 is 0 Å². The smallest absolute Gasteiger partial charge is 0.162 e. The molecule has 2 heterocycles. The second-order valence-electron chi connectivity index (χ2n) is 5.77. The van der Waals surface area contributed by atoms with Crippen molar-refractivity contribution >= 4 is 22.6 Å². The van der Waals surface area contributed by atoms with E-state index in [2.05, 4.69) is 20.0 Å². The molecule has 0 amide bonds. The highest BCUT2D eigenvalue weighted by atomic mass is 35.5. The number of hydrogen-bond donors (Lipinski definition) is 1. The molecular weight excluding hydrogens is 290 g/mol. The fourth-order valence-corrected chi connectivity index (χ4v) is 3.28. The van der Waals surface area contributed by atoms with Gasteiger partial charge in [0, 0.05) is 13.1 Å². The monoisotopic (exact) mass is 309 g/mol. The Bertz CT molecular complexity index is 644. The third-order valence-corrected chi connectivity index (χ3v) is 4.53. The van der Waals surface area contributed by atoms with Gasteiger partial charge in [0.25, 0.3) is 0 Å². The van der Waals surface area contributed by atoms with Crippen molar-refractivity contribution in [1.82, 2.24) is 24.6 Å². The van der Waals surface area contributed by atoms with Crippen molar-refractivity contribution in [1.29, 1.82) is 0 Å². The molecular formula is C14H20ClN5O. The zero-order chi connectivity index (χ0) is 15.0. The highest BCUT2D eigenvalue weighted by Gasteiger charge is 2.27. The number of nitrogens with zero attached hydrogens (tertiary/aromatic N) is 5. The summed E-state index contributed by atoms with van der Waals surface area (Å²) in [5.41, 5.74) is 0.739. The molecule has 1 aliphatic carbocycles. The first kappa shape index (κ1) is 14.7.